The van der Waals surface area contributed by atoms with Crippen molar-refractivity contribution in [1.82, 2.24) is 5.32 Å². The van der Waals surface area contributed by atoms with Gasteiger partial charge in [0.05, 0.1) is 0 Å². The standard InChI is InChI=1S/C12H21Cl3N2O2/c1-8(2)6-10(18)17-11(12(13,14)15)16-7-9-4-3-5-19-9/h8-9,11,16H,3-7H2,1-2H3,(H,17,18)/p+1/t9-,11-/m0/s1. The molecule has 0 radical (unpaired) electrons. The molecule has 0 spiro atoms. The van der Waals surface area contributed by atoms with Gasteiger partial charge < -0.3 is 15.4 Å². The van der Waals surface area contributed by atoms with Crippen LogP contribution in [0.25, 0.3) is 0 Å². The molecule has 7 heteroatoms. The predicted octanol–water partition coefficient (Wildman–Crippen LogP) is 1.59. The molecule has 0 unspecified atom stereocenters. The molecule has 0 aromatic rings. The number of ether oxygens (including phenoxy) is 1. The Bertz CT molecular complexity index is 289. The Morgan fingerprint density at radius 2 is 2.16 bits per heavy atom. The van der Waals surface area contributed by atoms with Gasteiger partial charge in [0.25, 0.3) is 3.79 Å². The molecule has 0 saturated carbocycles. The van der Waals surface area contributed by atoms with Crippen molar-refractivity contribution in [2.24, 2.45) is 5.92 Å². The summed E-state index contributed by atoms with van der Waals surface area (Å²) >= 11 is 17.7. The van der Waals surface area contributed by atoms with Gasteiger partial charge in [0, 0.05) is 13.0 Å². The molecule has 1 saturated heterocycles. The molecule has 3 N–H and O–H groups in total. The Kier molecular flexibility index (Phi) is 7.19. The molecule has 1 amide bonds. The molecule has 1 aliphatic heterocycles. The van der Waals surface area contributed by atoms with Crippen LogP contribution in [0, 0.1) is 5.92 Å². The number of rotatable bonds is 6. The minimum Gasteiger partial charge on any atom is -0.372 e. The summed E-state index contributed by atoms with van der Waals surface area (Å²) in [6.07, 6.45) is 2.09. The normalized spacial score (nSPS) is 21.7. The van der Waals surface area contributed by atoms with Crippen LogP contribution in [0.4, 0.5) is 0 Å². The summed E-state index contributed by atoms with van der Waals surface area (Å²) in [6, 6.07) is 0. The highest BCUT2D eigenvalue weighted by molar-refractivity contribution is 6.68. The topological polar surface area (TPSA) is 54.9 Å². The fourth-order valence-corrected chi connectivity index (χ4v) is 2.43. The van der Waals surface area contributed by atoms with E-state index in [0.717, 1.165) is 19.4 Å². The van der Waals surface area contributed by atoms with Crippen LogP contribution in [0.5, 0.6) is 0 Å². The Balaban J connectivity index is 2.44. The molecular weight excluding hydrogens is 311 g/mol. The van der Waals surface area contributed by atoms with Crippen molar-refractivity contribution >= 4 is 40.7 Å². The molecule has 112 valence electrons. The molecule has 0 bridgehead atoms. The lowest BCUT2D eigenvalue weighted by Gasteiger charge is -2.24. The summed E-state index contributed by atoms with van der Waals surface area (Å²) in [6.45, 7) is 5.41. The summed E-state index contributed by atoms with van der Waals surface area (Å²) in [5.41, 5.74) is 0. The molecule has 1 heterocycles. The molecule has 0 aromatic heterocycles. The number of carbonyl (C=O) groups is 1. The van der Waals surface area contributed by atoms with E-state index in [4.69, 9.17) is 39.5 Å². The second-order valence-corrected chi connectivity index (χ2v) is 7.66. The number of halogens is 3. The van der Waals surface area contributed by atoms with Crippen molar-refractivity contribution in [3.63, 3.8) is 0 Å². The van der Waals surface area contributed by atoms with E-state index in [1.807, 2.05) is 19.2 Å². The molecule has 4 nitrogen and oxygen atoms in total. The average Bonchev–Trinajstić information content (AvgIpc) is 2.74. The van der Waals surface area contributed by atoms with Gasteiger partial charge >= 0.3 is 0 Å². The first-order valence-electron chi connectivity index (χ1n) is 6.60. The molecule has 0 aromatic carbocycles. The van der Waals surface area contributed by atoms with Crippen LogP contribution < -0.4 is 10.6 Å². The first-order valence-corrected chi connectivity index (χ1v) is 7.73. The third-order valence-electron chi connectivity index (χ3n) is 2.92. The van der Waals surface area contributed by atoms with Crippen molar-refractivity contribution < 1.29 is 14.8 Å². The fraction of sp³-hybridized carbons (Fsp3) is 0.917. The van der Waals surface area contributed by atoms with Gasteiger partial charge in [-0.15, -0.1) is 0 Å². The minimum atomic E-state index is -1.54. The number of hydrogen-bond acceptors (Lipinski definition) is 2. The van der Waals surface area contributed by atoms with Crippen molar-refractivity contribution in [2.75, 3.05) is 13.2 Å². The minimum absolute atomic E-state index is 0.102. The zero-order valence-electron chi connectivity index (χ0n) is 11.3. The van der Waals surface area contributed by atoms with Crippen LogP contribution in [-0.2, 0) is 9.53 Å². The van der Waals surface area contributed by atoms with E-state index in [-0.39, 0.29) is 17.9 Å². The van der Waals surface area contributed by atoms with E-state index in [9.17, 15) is 4.79 Å². The lowest BCUT2D eigenvalue weighted by atomic mass is 10.1. The lowest BCUT2D eigenvalue weighted by Crippen LogP contribution is -2.97. The van der Waals surface area contributed by atoms with E-state index in [1.54, 1.807) is 0 Å². The first-order chi connectivity index (χ1) is 8.79. The average molecular weight is 333 g/mol. The van der Waals surface area contributed by atoms with Gasteiger partial charge in [-0.3, -0.25) is 4.79 Å². The van der Waals surface area contributed by atoms with Crippen LogP contribution in [-0.4, -0.2) is 35.1 Å². The van der Waals surface area contributed by atoms with E-state index in [0.29, 0.717) is 13.0 Å². The zero-order valence-corrected chi connectivity index (χ0v) is 13.6. The highest BCUT2D eigenvalue weighted by Gasteiger charge is 2.38. The number of quaternary nitrogens is 1. The lowest BCUT2D eigenvalue weighted by molar-refractivity contribution is -0.697. The Labute approximate surface area is 129 Å². The smallest absolute Gasteiger partial charge is 0.262 e. The van der Waals surface area contributed by atoms with Crippen LogP contribution in [0.2, 0.25) is 0 Å². The quantitative estimate of drug-likeness (QED) is 0.573. The van der Waals surface area contributed by atoms with Gasteiger partial charge in [0.1, 0.15) is 12.6 Å². The van der Waals surface area contributed by atoms with Gasteiger partial charge in [0.15, 0.2) is 0 Å². The number of carbonyl (C=O) groups excluding carboxylic acids is 1. The first kappa shape index (κ1) is 17.3. The Hall–Kier alpha value is 0.260. The Morgan fingerprint density at radius 1 is 1.47 bits per heavy atom. The van der Waals surface area contributed by atoms with Crippen molar-refractivity contribution in [3.05, 3.63) is 0 Å². The number of hydrogen-bond donors (Lipinski definition) is 2. The maximum Gasteiger partial charge on any atom is 0.262 e. The third kappa shape index (κ3) is 7.00. The molecule has 1 aliphatic rings. The van der Waals surface area contributed by atoms with Gasteiger partial charge in [-0.25, -0.2) is 0 Å². The molecule has 2 atom stereocenters. The number of alkyl halides is 3. The maximum absolute atomic E-state index is 11.8. The summed E-state index contributed by atoms with van der Waals surface area (Å²) in [5.74, 6) is 0.170. The van der Waals surface area contributed by atoms with Crippen LogP contribution in [0.15, 0.2) is 0 Å². The monoisotopic (exact) mass is 331 g/mol. The van der Waals surface area contributed by atoms with Crippen molar-refractivity contribution in [2.45, 2.75) is 49.2 Å². The second kappa shape index (κ2) is 7.89. The molecule has 1 rings (SSSR count). The van der Waals surface area contributed by atoms with Crippen LogP contribution in [0.3, 0.4) is 0 Å². The van der Waals surface area contributed by atoms with Crippen molar-refractivity contribution in [1.29, 1.82) is 0 Å². The molecule has 19 heavy (non-hydrogen) atoms. The molecule has 0 aliphatic carbocycles. The molecule has 1 fully saturated rings. The SMILES string of the molecule is CC(C)CC(=O)N[C@H]([NH2+]C[C@@H]1CCCO1)C(Cl)(Cl)Cl. The van der Waals surface area contributed by atoms with Gasteiger partial charge in [-0.1, -0.05) is 48.7 Å². The van der Waals surface area contributed by atoms with Crippen LogP contribution in [0.1, 0.15) is 33.1 Å². The predicted molar refractivity (Wildman–Crippen MR) is 77.4 cm³/mol. The van der Waals surface area contributed by atoms with E-state index >= 15 is 0 Å². The molecular formula is C12H22Cl3N2O2+. The fourth-order valence-electron chi connectivity index (χ4n) is 2.00. The van der Waals surface area contributed by atoms with E-state index in [2.05, 4.69) is 5.32 Å². The van der Waals surface area contributed by atoms with E-state index < -0.39 is 9.96 Å². The van der Waals surface area contributed by atoms with E-state index in [1.165, 1.54) is 0 Å². The Morgan fingerprint density at radius 3 is 2.63 bits per heavy atom. The van der Waals surface area contributed by atoms with Gasteiger partial charge in [-0.05, 0) is 18.8 Å². The van der Waals surface area contributed by atoms with Gasteiger partial charge in [-0.2, -0.15) is 0 Å². The number of amides is 1. The maximum atomic E-state index is 11.8. The second-order valence-electron chi connectivity index (χ2n) is 5.29. The number of nitrogens with two attached hydrogens (primary N) is 1. The summed E-state index contributed by atoms with van der Waals surface area (Å²) in [5, 5.41) is 4.60. The highest BCUT2D eigenvalue weighted by atomic mass is 35.6. The summed E-state index contributed by atoms with van der Waals surface area (Å²) in [7, 11) is 0. The summed E-state index contributed by atoms with van der Waals surface area (Å²) < 4.78 is 3.98. The van der Waals surface area contributed by atoms with Crippen LogP contribution >= 0.6 is 34.8 Å². The highest BCUT2D eigenvalue weighted by Crippen LogP contribution is 2.27. The third-order valence-corrected chi connectivity index (χ3v) is 3.63. The number of nitrogens with one attached hydrogen (secondary N) is 1. The zero-order chi connectivity index (χ0) is 14.5. The summed E-state index contributed by atoms with van der Waals surface area (Å²) in [4.78, 5) is 11.8. The van der Waals surface area contributed by atoms with Gasteiger partial charge in [0.2, 0.25) is 12.1 Å². The largest absolute Gasteiger partial charge is 0.372 e. The van der Waals surface area contributed by atoms with Crippen molar-refractivity contribution in [3.8, 4) is 0 Å².